The fourth-order valence-electron chi connectivity index (χ4n) is 4.68. The van der Waals surface area contributed by atoms with Crippen LogP contribution in [0, 0.1) is 0 Å². The number of rotatable bonds is 10. The number of piperazine rings is 1. The van der Waals surface area contributed by atoms with Crippen LogP contribution in [-0.4, -0.2) is 58.8 Å². The van der Waals surface area contributed by atoms with Gasteiger partial charge in [0.05, 0.1) is 11.4 Å². The van der Waals surface area contributed by atoms with Crippen LogP contribution in [0.1, 0.15) is 44.0 Å². The molecule has 32 heavy (non-hydrogen) atoms. The first-order valence-electron chi connectivity index (χ1n) is 12.1. The average molecular weight is 452 g/mol. The molecule has 0 atom stereocenters. The van der Waals surface area contributed by atoms with Crippen molar-refractivity contribution in [2.75, 3.05) is 44.2 Å². The molecule has 1 aliphatic rings. The number of aromatic nitrogens is 2. The maximum Gasteiger partial charge on any atom is 0.137 e. The van der Waals surface area contributed by atoms with Crippen molar-refractivity contribution < 1.29 is 0 Å². The predicted molar refractivity (Wildman–Crippen MR) is 136 cm³/mol. The molecule has 0 aliphatic carbocycles. The second kappa shape index (κ2) is 11.1. The summed E-state index contributed by atoms with van der Waals surface area (Å²) in [7, 11) is 0. The van der Waals surface area contributed by atoms with Gasteiger partial charge < -0.3 is 9.80 Å². The number of aryl methyl sites for hydroxylation is 1. The van der Waals surface area contributed by atoms with Crippen molar-refractivity contribution in [2.45, 2.75) is 46.7 Å². The number of anilines is 1. The topological polar surface area (TPSA) is 27.5 Å². The molecular formula is C26H37N5S. The number of likely N-dealkylation sites (N-methyl/N-ethyl adjacent to an activating group) is 1. The van der Waals surface area contributed by atoms with Gasteiger partial charge in [-0.25, -0.2) is 4.68 Å². The molecule has 0 spiro atoms. The van der Waals surface area contributed by atoms with Crippen molar-refractivity contribution in [2.24, 2.45) is 0 Å². The Hall–Kier alpha value is -2.15. The van der Waals surface area contributed by atoms with Crippen molar-refractivity contribution in [1.29, 1.82) is 0 Å². The number of hydrogen-bond acceptors (Lipinski definition) is 5. The van der Waals surface area contributed by atoms with E-state index in [0.29, 0.717) is 0 Å². The lowest BCUT2D eigenvalue weighted by molar-refractivity contribution is 0.254. The minimum absolute atomic E-state index is 0.947. The van der Waals surface area contributed by atoms with Crippen LogP contribution in [0.5, 0.6) is 0 Å². The lowest BCUT2D eigenvalue weighted by atomic mass is 10.1. The van der Waals surface area contributed by atoms with Crippen LogP contribution < -0.4 is 4.90 Å². The highest BCUT2D eigenvalue weighted by molar-refractivity contribution is 7.07. The van der Waals surface area contributed by atoms with E-state index in [4.69, 9.17) is 5.10 Å². The van der Waals surface area contributed by atoms with Gasteiger partial charge in [0.25, 0.3) is 0 Å². The molecule has 0 bridgehead atoms. The Balaban J connectivity index is 1.71. The van der Waals surface area contributed by atoms with Crippen LogP contribution in [-0.2, 0) is 19.5 Å². The van der Waals surface area contributed by atoms with E-state index in [1.54, 1.807) is 11.3 Å². The number of hydrogen-bond donors (Lipinski definition) is 0. The minimum atomic E-state index is 0.947. The van der Waals surface area contributed by atoms with Gasteiger partial charge in [0, 0.05) is 44.8 Å². The molecule has 6 heteroatoms. The summed E-state index contributed by atoms with van der Waals surface area (Å²) in [5, 5.41) is 9.62. The monoisotopic (exact) mass is 451 g/mol. The Labute approximate surface area is 197 Å². The fourth-order valence-corrected chi connectivity index (χ4v) is 5.34. The first kappa shape index (κ1) is 23.0. The van der Waals surface area contributed by atoms with Crippen LogP contribution in [0.25, 0.3) is 5.69 Å². The first-order chi connectivity index (χ1) is 15.7. The van der Waals surface area contributed by atoms with E-state index in [0.717, 1.165) is 70.9 Å². The third-order valence-corrected chi connectivity index (χ3v) is 7.13. The van der Waals surface area contributed by atoms with Crippen LogP contribution in [0.2, 0.25) is 0 Å². The summed E-state index contributed by atoms with van der Waals surface area (Å²) in [6, 6.07) is 12.9. The summed E-state index contributed by atoms with van der Waals surface area (Å²) >= 11 is 1.79. The smallest absolute Gasteiger partial charge is 0.137 e. The lowest BCUT2D eigenvalue weighted by Crippen LogP contribution is -2.47. The van der Waals surface area contributed by atoms with Crippen molar-refractivity contribution in [1.82, 2.24) is 19.6 Å². The van der Waals surface area contributed by atoms with E-state index in [9.17, 15) is 0 Å². The fraction of sp³-hybridized carbons (Fsp3) is 0.500. The maximum atomic E-state index is 5.16. The molecule has 1 saturated heterocycles. The molecule has 1 fully saturated rings. The summed E-state index contributed by atoms with van der Waals surface area (Å²) in [6.07, 6.45) is 2.11. The van der Waals surface area contributed by atoms with Crippen molar-refractivity contribution in [3.8, 4) is 5.69 Å². The minimum Gasteiger partial charge on any atom is -0.354 e. The zero-order valence-corrected chi connectivity index (χ0v) is 20.7. The molecule has 0 N–H and O–H groups in total. The lowest BCUT2D eigenvalue weighted by Gasteiger charge is -2.36. The van der Waals surface area contributed by atoms with Crippen LogP contribution in [0.15, 0.2) is 47.2 Å². The molecule has 172 valence electrons. The zero-order chi connectivity index (χ0) is 22.3. The number of benzene rings is 1. The number of thiophene rings is 1. The molecule has 1 aromatic carbocycles. The van der Waals surface area contributed by atoms with E-state index in [2.05, 4.69) is 87.3 Å². The summed E-state index contributed by atoms with van der Waals surface area (Å²) in [5.41, 5.74) is 5.20. The van der Waals surface area contributed by atoms with E-state index in [-0.39, 0.29) is 0 Å². The highest BCUT2D eigenvalue weighted by Crippen LogP contribution is 2.31. The summed E-state index contributed by atoms with van der Waals surface area (Å²) in [5.74, 6) is 1.30. The van der Waals surface area contributed by atoms with Gasteiger partial charge in [0.1, 0.15) is 5.82 Å². The molecule has 3 heterocycles. The van der Waals surface area contributed by atoms with Gasteiger partial charge >= 0.3 is 0 Å². The molecule has 5 nitrogen and oxygen atoms in total. The molecule has 2 aromatic heterocycles. The second-order valence-electron chi connectivity index (χ2n) is 8.61. The predicted octanol–water partition coefficient (Wildman–Crippen LogP) is 5.05. The zero-order valence-electron chi connectivity index (χ0n) is 19.8. The van der Waals surface area contributed by atoms with Gasteiger partial charge in [-0.3, -0.25) is 4.90 Å². The van der Waals surface area contributed by atoms with Crippen molar-refractivity contribution in [3.63, 3.8) is 0 Å². The SMILES string of the molecule is CCCN(Cc1ccsc1)Cc1c(CC)nn(-c2ccccc2)c1N1CCN(CC)CC1. The Morgan fingerprint density at radius 1 is 0.969 bits per heavy atom. The molecule has 4 rings (SSSR count). The van der Waals surface area contributed by atoms with Crippen LogP contribution in [0.4, 0.5) is 5.82 Å². The quantitative estimate of drug-likeness (QED) is 0.431. The van der Waals surface area contributed by atoms with Gasteiger partial charge in [0.15, 0.2) is 0 Å². The van der Waals surface area contributed by atoms with E-state index < -0.39 is 0 Å². The first-order valence-corrected chi connectivity index (χ1v) is 13.0. The van der Waals surface area contributed by atoms with Crippen LogP contribution in [0.3, 0.4) is 0 Å². The van der Waals surface area contributed by atoms with Crippen molar-refractivity contribution >= 4 is 17.2 Å². The van der Waals surface area contributed by atoms with Crippen LogP contribution >= 0.6 is 11.3 Å². The van der Waals surface area contributed by atoms with Gasteiger partial charge in [-0.1, -0.05) is 39.0 Å². The molecule has 0 radical (unpaired) electrons. The number of nitrogens with zero attached hydrogens (tertiary/aromatic N) is 5. The molecule has 1 aliphatic heterocycles. The third kappa shape index (κ3) is 5.25. The Kier molecular flexibility index (Phi) is 8.00. The Bertz CT molecular complexity index is 942. The standard InChI is InChI=1S/C26H37N5S/c1-4-13-29(19-22-12-18-32-21-22)20-24-25(5-2)27-31(23-10-8-7-9-11-23)26(24)30-16-14-28(6-3)15-17-30/h7-12,18,21H,4-6,13-17,19-20H2,1-3H3. The highest BCUT2D eigenvalue weighted by Gasteiger charge is 2.27. The summed E-state index contributed by atoms with van der Waals surface area (Å²) in [6.45, 7) is 15.3. The molecule has 0 saturated carbocycles. The van der Waals surface area contributed by atoms with E-state index >= 15 is 0 Å². The van der Waals surface area contributed by atoms with E-state index in [1.165, 1.54) is 22.6 Å². The highest BCUT2D eigenvalue weighted by atomic mass is 32.1. The summed E-state index contributed by atoms with van der Waals surface area (Å²) in [4.78, 5) is 7.72. The van der Waals surface area contributed by atoms with Crippen molar-refractivity contribution in [3.05, 3.63) is 64.0 Å². The largest absolute Gasteiger partial charge is 0.354 e. The van der Waals surface area contributed by atoms with Gasteiger partial charge in [-0.15, -0.1) is 0 Å². The Morgan fingerprint density at radius 3 is 2.38 bits per heavy atom. The third-order valence-electron chi connectivity index (χ3n) is 6.40. The van der Waals surface area contributed by atoms with Gasteiger partial charge in [-0.05, 0) is 60.5 Å². The molecule has 0 amide bonds. The maximum absolute atomic E-state index is 5.16. The molecular weight excluding hydrogens is 414 g/mol. The van der Waals surface area contributed by atoms with E-state index in [1.807, 2.05) is 0 Å². The molecule has 3 aromatic rings. The number of para-hydroxylation sites is 1. The molecule has 0 unspecified atom stereocenters. The van der Waals surface area contributed by atoms with Gasteiger partial charge in [-0.2, -0.15) is 16.4 Å². The Morgan fingerprint density at radius 2 is 1.75 bits per heavy atom. The van der Waals surface area contributed by atoms with Gasteiger partial charge in [0.2, 0.25) is 0 Å². The normalized spacial score (nSPS) is 15.1. The average Bonchev–Trinajstić information content (AvgIpc) is 3.47. The second-order valence-corrected chi connectivity index (χ2v) is 9.39. The summed E-state index contributed by atoms with van der Waals surface area (Å²) < 4.78 is 2.21.